The van der Waals surface area contributed by atoms with Gasteiger partial charge in [-0.15, -0.1) is 0 Å². The second-order valence-electron chi connectivity index (χ2n) is 6.17. The molecule has 0 unspecified atom stereocenters. The summed E-state index contributed by atoms with van der Waals surface area (Å²) in [6.45, 7) is 4.82. The standard InChI is InChI=1S/C20H22N4OS/c1-14-4-7-16(8-5-14)13-24-11-10-19(23-24)22-20(26)21-17-12-15(2)6-9-18(17)25-3/h4-12H,13H2,1-3H3,(H2,21,22,23,26). The van der Waals surface area contributed by atoms with E-state index in [9.17, 15) is 0 Å². The van der Waals surface area contributed by atoms with Gasteiger partial charge in [-0.2, -0.15) is 5.10 Å². The lowest BCUT2D eigenvalue weighted by molar-refractivity contribution is 0.417. The first-order valence-corrected chi connectivity index (χ1v) is 8.76. The number of nitrogens with zero attached hydrogens (tertiary/aromatic N) is 2. The van der Waals surface area contributed by atoms with Crippen molar-refractivity contribution in [3.63, 3.8) is 0 Å². The maximum Gasteiger partial charge on any atom is 0.176 e. The maximum atomic E-state index is 5.40. The van der Waals surface area contributed by atoms with Crippen LogP contribution in [-0.2, 0) is 6.54 Å². The molecule has 0 aliphatic heterocycles. The molecular weight excluding hydrogens is 344 g/mol. The first-order valence-electron chi connectivity index (χ1n) is 8.35. The van der Waals surface area contributed by atoms with Crippen molar-refractivity contribution in [2.24, 2.45) is 0 Å². The number of thiocarbonyl (C=S) groups is 1. The van der Waals surface area contributed by atoms with Crippen LogP contribution in [0.1, 0.15) is 16.7 Å². The summed E-state index contributed by atoms with van der Waals surface area (Å²) >= 11 is 5.40. The van der Waals surface area contributed by atoms with Crippen molar-refractivity contribution < 1.29 is 4.74 Å². The Morgan fingerprint density at radius 1 is 1.04 bits per heavy atom. The number of ether oxygens (including phenoxy) is 1. The first kappa shape index (κ1) is 17.9. The number of aromatic nitrogens is 2. The highest BCUT2D eigenvalue weighted by Crippen LogP contribution is 2.25. The summed E-state index contributed by atoms with van der Waals surface area (Å²) in [5.41, 5.74) is 4.40. The number of methoxy groups -OCH3 is 1. The predicted molar refractivity (Wildman–Crippen MR) is 110 cm³/mol. The summed E-state index contributed by atoms with van der Waals surface area (Å²) in [7, 11) is 1.64. The summed E-state index contributed by atoms with van der Waals surface area (Å²) in [6.07, 6.45) is 1.93. The molecule has 3 aromatic rings. The number of hydrogen-bond donors (Lipinski definition) is 2. The fraction of sp³-hybridized carbons (Fsp3) is 0.200. The second kappa shape index (κ2) is 8.01. The van der Waals surface area contributed by atoms with Crippen LogP contribution >= 0.6 is 12.2 Å². The van der Waals surface area contributed by atoms with Gasteiger partial charge in [-0.05, 0) is 49.3 Å². The molecule has 0 fully saturated rings. The fourth-order valence-corrected chi connectivity index (χ4v) is 2.80. The summed E-state index contributed by atoms with van der Waals surface area (Å²) in [6, 6.07) is 16.2. The molecule has 0 aliphatic rings. The summed E-state index contributed by atoms with van der Waals surface area (Å²) in [4.78, 5) is 0. The minimum Gasteiger partial charge on any atom is -0.495 e. The molecule has 5 nitrogen and oxygen atoms in total. The Kier molecular flexibility index (Phi) is 5.53. The van der Waals surface area contributed by atoms with E-state index in [0.717, 1.165) is 17.0 Å². The van der Waals surface area contributed by atoms with Crippen LogP contribution in [0.5, 0.6) is 5.75 Å². The van der Waals surface area contributed by atoms with Crippen LogP contribution in [0.4, 0.5) is 11.5 Å². The Balaban J connectivity index is 1.62. The highest BCUT2D eigenvalue weighted by molar-refractivity contribution is 7.80. The fourth-order valence-electron chi connectivity index (χ4n) is 2.59. The molecule has 0 aliphatic carbocycles. The molecule has 0 amide bonds. The van der Waals surface area contributed by atoms with E-state index in [2.05, 4.69) is 46.9 Å². The van der Waals surface area contributed by atoms with Gasteiger partial charge in [-0.1, -0.05) is 35.9 Å². The van der Waals surface area contributed by atoms with E-state index < -0.39 is 0 Å². The average molecular weight is 366 g/mol. The van der Waals surface area contributed by atoms with Crippen molar-refractivity contribution in [3.05, 3.63) is 71.4 Å². The maximum absolute atomic E-state index is 5.40. The van der Waals surface area contributed by atoms with Crippen LogP contribution < -0.4 is 15.4 Å². The van der Waals surface area contributed by atoms with E-state index in [4.69, 9.17) is 17.0 Å². The number of aryl methyl sites for hydroxylation is 2. The Labute approximate surface area is 159 Å². The lowest BCUT2D eigenvalue weighted by atomic mass is 10.1. The van der Waals surface area contributed by atoms with E-state index in [0.29, 0.717) is 17.5 Å². The van der Waals surface area contributed by atoms with Crippen LogP contribution in [-0.4, -0.2) is 22.0 Å². The lowest BCUT2D eigenvalue weighted by Gasteiger charge is -2.13. The molecule has 2 aromatic carbocycles. The van der Waals surface area contributed by atoms with Gasteiger partial charge in [0, 0.05) is 12.3 Å². The molecule has 0 spiro atoms. The van der Waals surface area contributed by atoms with Crippen LogP contribution in [0.3, 0.4) is 0 Å². The topological polar surface area (TPSA) is 51.1 Å². The summed E-state index contributed by atoms with van der Waals surface area (Å²) in [5, 5.41) is 11.3. The van der Waals surface area contributed by atoms with Gasteiger partial charge in [-0.3, -0.25) is 4.68 Å². The molecule has 0 atom stereocenters. The molecule has 26 heavy (non-hydrogen) atoms. The smallest absolute Gasteiger partial charge is 0.176 e. The molecule has 0 saturated carbocycles. The van der Waals surface area contributed by atoms with Crippen molar-refractivity contribution in [1.82, 2.24) is 9.78 Å². The van der Waals surface area contributed by atoms with E-state index in [1.54, 1.807) is 7.11 Å². The highest BCUT2D eigenvalue weighted by atomic mass is 32.1. The van der Waals surface area contributed by atoms with Crippen molar-refractivity contribution in [2.75, 3.05) is 17.7 Å². The molecule has 0 saturated heterocycles. The van der Waals surface area contributed by atoms with Gasteiger partial charge in [0.15, 0.2) is 10.9 Å². The second-order valence-corrected chi connectivity index (χ2v) is 6.58. The van der Waals surface area contributed by atoms with Crippen LogP contribution in [0.15, 0.2) is 54.7 Å². The molecule has 1 heterocycles. The van der Waals surface area contributed by atoms with Gasteiger partial charge in [0.1, 0.15) is 5.75 Å². The zero-order valence-electron chi connectivity index (χ0n) is 15.1. The Morgan fingerprint density at radius 2 is 1.77 bits per heavy atom. The minimum absolute atomic E-state index is 0.467. The van der Waals surface area contributed by atoms with Crippen molar-refractivity contribution in [2.45, 2.75) is 20.4 Å². The van der Waals surface area contributed by atoms with Crippen LogP contribution in [0.25, 0.3) is 0 Å². The van der Waals surface area contributed by atoms with Crippen molar-refractivity contribution >= 4 is 28.8 Å². The quantitative estimate of drug-likeness (QED) is 0.657. The minimum atomic E-state index is 0.467. The van der Waals surface area contributed by atoms with Gasteiger partial charge < -0.3 is 15.4 Å². The third kappa shape index (κ3) is 4.61. The highest BCUT2D eigenvalue weighted by Gasteiger charge is 2.07. The Bertz CT molecular complexity index is 902. The van der Waals surface area contributed by atoms with Gasteiger partial charge in [0.05, 0.1) is 19.3 Å². The van der Waals surface area contributed by atoms with Gasteiger partial charge in [-0.25, -0.2) is 0 Å². The molecular formula is C20H22N4OS. The normalized spacial score (nSPS) is 10.4. The van der Waals surface area contributed by atoms with Gasteiger partial charge in [0.2, 0.25) is 0 Å². The first-order chi connectivity index (χ1) is 12.5. The Hall–Kier alpha value is -2.86. The number of anilines is 2. The van der Waals surface area contributed by atoms with Crippen LogP contribution in [0.2, 0.25) is 0 Å². The van der Waals surface area contributed by atoms with Crippen molar-refractivity contribution in [1.29, 1.82) is 0 Å². The molecule has 3 rings (SSSR count). The molecule has 6 heteroatoms. The van der Waals surface area contributed by atoms with E-state index in [1.807, 2.05) is 42.1 Å². The number of benzene rings is 2. The summed E-state index contributed by atoms with van der Waals surface area (Å²) < 4.78 is 7.24. The summed E-state index contributed by atoms with van der Waals surface area (Å²) in [5.74, 6) is 1.44. The average Bonchev–Trinajstić information content (AvgIpc) is 3.04. The molecule has 134 valence electrons. The predicted octanol–water partition coefficient (Wildman–Crippen LogP) is 4.37. The molecule has 2 N–H and O–H groups in total. The SMILES string of the molecule is COc1ccc(C)cc1NC(=S)Nc1ccn(Cc2ccc(C)cc2)n1. The van der Waals surface area contributed by atoms with E-state index in [1.165, 1.54) is 11.1 Å². The zero-order chi connectivity index (χ0) is 18.5. The van der Waals surface area contributed by atoms with Crippen molar-refractivity contribution in [3.8, 4) is 5.75 Å². The molecule has 1 aromatic heterocycles. The van der Waals surface area contributed by atoms with E-state index in [-0.39, 0.29) is 0 Å². The third-order valence-corrected chi connectivity index (χ3v) is 4.15. The zero-order valence-corrected chi connectivity index (χ0v) is 15.9. The monoisotopic (exact) mass is 366 g/mol. The number of rotatable bonds is 5. The van der Waals surface area contributed by atoms with Crippen LogP contribution in [0, 0.1) is 13.8 Å². The third-order valence-electron chi connectivity index (χ3n) is 3.95. The van der Waals surface area contributed by atoms with E-state index >= 15 is 0 Å². The van der Waals surface area contributed by atoms with Gasteiger partial charge >= 0.3 is 0 Å². The molecule has 0 radical (unpaired) electrons. The molecule has 0 bridgehead atoms. The van der Waals surface area contributed by atoms with Gasteiger partial charge in [0.25, 0.3) is 0 Å². The largest absolute Gasteiger partial charge is 0.495 e. The number of nitrogens with one attached hydrogen (secondary N) is 2. The number of hydrogen-bond acceptors (Lipinski definition) is 3. The Morgan fingerprint density at radius 3 is 2.50 bits per heavy atom. The lowest BCUT2D eigenvalue weighted by Crippen LogP contribution is -2.20.